The van der Waals surface area contributed by atoms with Gasteiger partial charge in [0.05, 0.1) is 31.0 Å². The van der Waals surface area contributed by atoms with E-state index in [2.05, 4.69) is 4.98 Å². The summed E-state index contributed by atoms with van der Waals surface area (Å²) in [6, 6.07) is 0. The molecule has 0 aliphatic carbocycles. The van der Waals surface area contributed by atoms with E-state index < -0.39 is 0 Å². The summed E-state index contributed by atoms with van der Waals surface area (Å²) in [5.41, 5.74) is 3.02. The molecule has 4 heteroatoms. The number of hydrogen-bond donors (Lipinski definition) is 0. The largest absolute Gasteiger partial charge is 0.378 e. The van der Waals surface area contributed by atoms with Gasteiger partial charge in [0.25, 0.3) is 0 Å². The Balaban J connectivity index is 1.64. The summed E-state index contributed by atoms with van der Waals surface area (Å²) in [5, 5.41) is 0. The van der Waals surface area contributed by atoms with Crippen molar-refractivity contribution in [3.63, 3.8) is 0 Å². The fourth-order valence-electron chi connectivity index (χ4n) is 1.11. The van der Waals surface area contributed by atoms with Gasteiger partial charge in [0.1, 0.15) is 6.10 Å². The molecule has 2 heterocycles. The first-order chi connectivity index (χ1) is 6.36. The molecular formula is C9H13NO2S. The zero-order chi connectivity index (χ0) is 9.10. The van der Waals surface area contributed by atoms with Crippen LogP contribution in [0.2, 0.25) is 0 Å². The number of hydrogen-bond acceptors (Lipinski definition) is 4. The third-order valence-electron chi connectivity index (χ3n) is 2.02. The first-order valence-electron chi connectivity index (χ1n) is 4.44. The SMILES string of the molecule is Cc1ncsc1CCOCC1CO1. The van der Waals surface area contributed by atoms with Crippen LogP contribution in [0.4, 0.5) is 0 Å². The van der Waals surface area contributed by atoms with Crippen LogP contribution < -0.4 is 0 Å². The lowest BCUT2D eigenvalue weighted by molar-refractivity contribution is 0.119. The van der Waals surface area contributed by atoms with Crippen LogP contribution in [0.1, 0.15) is 10.6 Å². The van der Waals surface area contributed by atoms with Crippen molar-refractivity contribution in [2.45, 2.75) is 19.4 Å². The summed E-state index contributed by atoms with van der Waals surface area (Å²) in [4.78, 5) is 5.51. The summed E-state index contributed by atoms with van der Waals surface area (Å²) in [7, 11) is 0. The molecule has 0 spiro atoms. The highest BCUT2D eigenvalue weighted by molar-refractivity contribution is 7.09. The molecular weight excluding hydrogens is 186 g/mol. The van der Waals surface area contributed by atoms with E-state index in [-0.39, 0.29) is 0 Å². The predicted octanol–water partition coefficient (Wildman–Crippen LogP) is 1.41. The highest BCUT2D eigenvalue weighted by Crippen LogP contribution is 2.13. The second-order valence-electron chi connectivity index (χ2n) is 3.14. The van der Waals surface area contributed by atoms with Gasteiger partial charge < -0.3 is 9.47 Å². The van der Waals surface area contributed by atoms with E-state index >= 15 is 0 Å². The molecule has 1 atom stereocenters. The zero-order valence-corrected chi connectivity index (χ0v) is 8.47. The van der Waals surface area contributed by atoms with Crippen LogP contribution in [0.3, 0.4) is 0 Å². The molecule has 0 N–H and O–H groups in total. The van der Waals surface area contributed by atoms with Crippen LogP contribution in [0.25, 0.3) is 0 Å². The smallest absolute Gasteiger partial charge is 0.104 e. The average Bonchev–Trinajstić information content (AvgIpc) is 2.86. The Labute approximate surface area is 81.7 Å². The van der Waals surface area contributed by atoms with E-state index in [1.54, 1.807) is 11.3 Å². The molecule has 1 aliphatic heterocycles. The number of rotatable bonds is 5. The summed E-state index contributed by atoms with van der Waals surface area (Å²) in [5.74, 6) is 0. The number of thiazole rings is 1. The van der Waals surface area contributed by atoms with E-state index in [4.69, 9.17) is 9.47 Å². The van der Waals surface area contributed by atoms with Gasteiger partial charge in [0.2, 0.25) is 0 Å². The normalized spacial score (nSPS) is 20.5. The molecule has 1 saturated heterocycles. The third kappa shape index (κ3) is 2.76. The lowest BCUT2D eigenvalue weighted by Gasteiger charge is -2.00. The zero-order valence-electron chi connectivity index (χ0n) is 7.66. The van der Waals surface area contributed by atoms with Crippen molar-refractivity contribution in [3.05, 3.63) is 16.1 Å². The number of aryl methyl sites for hydroxylation is 1. The van der Waals surface area contributed by atoms with Crippen LogP contribution in [0.15, 0.2) is 5.51 Å². The monoisotopic (exact) mass is 199 g/mol. The Kier molecular flexibility index (Phi) is 2.93. The second-order valence-corrected chi connectivity index (χ2v) is 4.08. The van der Waals surface area contributed by atoms with Crippen LogP contribution in [0.5, 0.6) is 0 Å². The van der Waals surface area contributed by atoms with E-state index in [1.807, 2.05) is 12.4 Å². The lowest BCUT2D eigenvalue weighted by atomic mass is 10.3. The van der Waals surface area contributed by atoms with Gasteiger partial charge in [-0.15, -0.1) is 11.3 Å². The third-order valence-corrected chi connectivity index (χ3v) is 3.02. The highest BCUT2D eigenvalue weighted by Gasteiger charge is 2.22. The number of aromatic nitrogens is 1. The van der Waals surface area contributed by atoms with Gasteiger partial charge >= 0.3 is 0 Å². The molecule has 1 aliphatic rings. The van der Waals surface area contributed by atoms with Gasteiger partial charge in [0.15, 0.2) is 0 Å². The average molecular weight is 199 g/mol. The van der Waals surface area contributed by atoms with Gasteiger partial charge in [-0.2, -0.15) is 0 Å². The van der Waals surface area contributed by atoms with E-state index in [0.717, 1.165) is 31.9 Å². The van der Waals surface area contributed by atoms with Gasteiger partial charge in [-0.3, -0.25) is 0 Å². The van der Waals surface area contributed by atoms with E-state index in [9.17, 15) is 0 Å². The molecule has 0 amide bonds. The first kappa shape index (κ1) is 9.12. The standard InChI is InChI=1S/C9H13NO2S/c1-7-9(13-6-10-7)2-3-11-4-8-5-12-8/h6,8H,2-5H2,1H3. The Morgan fingerprint density at radius 3 is 3.23 bits per heavy atom. The maximum absolute atomic E-state index is 5.44. The minimum Gasteiger partial charge on any atom is -0.378 e. The molecule has 1 aromatic rings. The van der Waals surface area contributed by atoms with Crippen molar-refractivity contribution in [2.75, 3.05) is 19.8 Å². The maximum atomic E-state index is 5.44. The topological polar surface area (TPSA) is 34.6 Å². The van der Waals surface area contributed by atoms with Crippen LogP contribution >= 0.6 is 11.3 Å². The molecule has 0 bridgehead atoms. The summed E-state index contributed by atoms with van der Waals surface area (Å²) in [6.07, 6.45) is 1.35. The number of epoxide rings is 1. The van der Waals surface area contributed by atoms with Crippen molar-refractivity contribution >= 4 is 11.3 Å². The molecule has 0 saturated carbocycles. The Morgan fingerprint density at radius 1 is 1.77 bits per heavy atom. The summed E-state index contributed by atoms with van der Waals surface area (Å²) < 4.78 is 10.5. The molecule has 1 aromatic heterocycles. The lowest BCUT2D eigenvalue weighted by Crippen LogP contribution is -2.04. The minimum absolute atomic E-state index is 0.377. The molecule has 1 unspecified atom stereocenters. The Morgan fingerprint density at radius 2 is 2.62 bits per heavy atom. The van der Waals surface area contributed by atoms with Gasteiger partial charge in [-0.25, -0.2) is 4.98 Å². The second kappa shape index (κ2) is 4.17. The van der Waals surface area contributed by atoms with Crippen molar-refractivity contribution in [3.8, 4) is 0 Å². The fraction of sp³-hybridized carbons (Fsp3) is 0.667. The summed E-state index contributed by atoms with van der Waals surface area (Å²) >= 11 is 1.70. The van der Waals surface area contributed by atoms with E-state index in [0.29, 0.717) is 6.10 Å². The number of ether oxygens (including phenoxy) is 2. The predicted molar refractivity (Wildman–Crippen MR) is 51.1 cm³/mol. The van der Waals surface area contributed by atoms with Crippen LogP contribution in [-0.4, -0.2) is 30.9 Å². The maximum Gasteiger partial charge on any atom is 0.104 e. The molecule has 0 aromatic carbocycles. The minimum atomic E-state index is 0.377. The van der Waals surface area contributed by atoms with Crippen LogP contribution in [-0.2, 0) is 15.9 Å². The van der Waals surface area contributed by atoms with Gasteiger partial charge in [-0.1, -0.05) is 0 Å². The van der Waals surface area contributed by atoms with Crippen molar-refractivity contribution < 1.29 is 9.47 Å². The molecule has 13 heavy (non-hydrogen) atoms. The van der Waals surface area contributed by atoms with Crippen molar-refractivity contribution in [1.82, 2.24) is 4.98 Å². The molecule has 72 valence electrons. The van der Waals surface area contributed by atoms with Gasteiger partial charge in [-0.05, 0) is 6.92 Å². The quantitative estimate of drug-likeness (QED) is 0.531. The van der Waals surface area contributed by atoms with Crippen molar-refractivity contribution in [2.24, 2.45) is 0 Å². The fourth-order valence-corrected chi connectivity index (χ4v) is 1.87. The first-order valence-corrected chi connectivity index (χ1v) is 5.32. The molecule has 2 rings (SSSR count). The van der Waals surface area contributed by atoms with Crippen LogP contribution in [0, 0.1) is 6.92 Å². The molecule has 3 nitrogen and oxygen atoms in total. The van der Waals surface area contributed by atoms with Gasteiger partial charge in [0, 0.05) is 11.3 Å². The number of nitrogens with zero attached hydrogens (tertiary/aromatic N) is 1. The molecule has 1 fully saturated rings. The Bertz CT molecular complexity index is 270. The van der Waals surface area contributed by atoms with E-state index in [1.165, 1.54) is 4.88 Å². The Hall–Kier alpha value is -0.450. The van der Waals surface area contributed by atoms with Crippen molar-refractivity contribution in [1.29, 1.82) is 0 Å². The summed E-state index contributed by atoms with van der Waals surface area (Å²) in [6.45, 7) is 4.44. The highest BCUT2D eigenvalue weighted by atomic mass is 32.1. The molecule has 0 radical (unpaired) electrons.